The van der Waals surface area contributed by atoms with E-state index in [-0.39, 0.29) is 12.1 Å². The van der Waals surface area contributed by atoms with Crippen LogP contribution in [-0.4, -0.2) is 43.0 Å². The van der Waals surface area contributed by atoms with E-state index >= 15 is 0 Å². The molecule has 4 rings (SSSR count). The zero-order valence-corrected chi connectivity index (χ0v) is 14.0. The highest BCUT2D eigenvalue weighted by Crippen LogP contribution is 2.31. The minimum atomic E-state index is -0.476. The number of hydrogen-bond donors (Lipinski definition) is 1. The maximum absolute atomic E-state index is 12.8. The van der Waals surface area contributed by atoms with Crippen LogP contribution >= 0.6 is 0 Å². The summed E-state index contributed by atoms with van der Waals surface area (Å²) in [6.45, 7) is 2.51. The number of carbonyl (C=O) groups is 1. The van der Waals surface area contributed by atoms with E-state index < -0.39 is 5.79 Å². The van der Waals surface area contributed by atoms with E-state index in [0.717, 1.165) is 11.3 Å². The largest absolute Gasteiger partial charge is 0.467 e. The summed E-state index contributed by atoms with van der Waals surface area (Å²) in [5, 5.41) is 3.10. The zero-order valence-electron chi connectivity index (χ0n) is 14.0. The lowest BCUT2D eigenvalue weighted by Gasteiger charge is -2.38. The molecule has 0 saturated carbocycles. The van der Waals surface area contributed by atoms with E-state index in [1.165, 1.54) is 0 Å². The smallest absolute Gasteiger partial charge is 0.318 e. The molecule has 0 unspecified atom stereocenters. The summed E-state index contributed by atoms with van der Waals surface area (Å²) < 4.78 is 17.0. The van der Waals surface area contributed by atoms with Crippen molar-refractivity contribution in [1.29, 1.82) is 0 Å². The number of piperidine rings is 1. The SMILES string of the molecule is O=C(N[C@H](c1ccccc1)c1ccco1)N1CCC2(CC1)OCCO2. The Labute approximate surface area is 146 Å². The highest BCUT2D eigenvalue weighted by Gasteiger charge is 2.41. The van der Waals surface area contributed by atoms with Gasteiger partial charge in [0.25, 0.3) is 0 Å². The number of furan rings is 1. The summed E-state index contributed by atoms with van der Waals surface area (Å²) >= 11 is 0. The molecule has 1 spiro atoms. The molecule has 0 aliphatic carbocycles. The van der Waals surface area contributed by atoms with Crippen molar-refractivity contribution >= 4 is 6.03 Å². The lowest BCUT2D eigenvalue weighted by Crippen LogP contribution is -2.50. The van der Waals surface area contributed by atoms with Gasteiger partial charge in [-0.25, -0.2) is 4.79 Å². The van der Waals surface area contributed by atoms with E-state index in [2.05, 4.69) is 5.32 Å². The second-order valence-corrected chi connectivity index (χ2v) is 6.40. The van der Waals surface area contributed by atoms with Crippen molar-refractivity contribution in [2.75, 3.05) is 26.3 Å². The van der Waals surface area contributed by atoms with E-state index in [4.69, 9.17) is 13.9 Å². The van der Waals surface area contributed by atoms with Gasteiger partial charge in [0.1, 0.15) is 11.8 Å². The Morgan fingerprint density at radius 3 is 2.40 bits per heavy atom. The quantitative estimate of drug-likeness (QED) is 0.931. The number of likely N-dealkylation sites (tertiary alicyclic amines) is 1. The van der Waals surface area contributed by atoms with Crippen LogP contribution in [0, 0.1) is 0 Å². The fourth-order valence-corrected chi connectivity index (χ4v) is 3.47. The van der Waals surface area contributed by atoms with Crippen LogP contribution in [0.3, 0.4) is 0 Å². The third kappa shape index (κ3) is 3.41. The van der Waals surface area contributed by atoms with Crippen LogP contribution in [-0.2, 0) is 9.47 Å². The molecule has 132 valence electrons. The van der Waals surface area contributed by atoms with Crippen LogP contribution in [0.4, 0.5) is 4.79 Å². The van der Waals surface area contributed by atoms with E-state index in [1.807, 2.05) is 47.4 Å². The number of benzene rings is 1. The summed E-state index contributed by atoms with van der Waals surface area (Å²) in [7, 11) is 0. The van der Waals surface area contributed by atoms with Crippen LogP contribution in [0.1, 0.15) is 30.2 Å². The molecule has 25 heavy (non-hydrogen) atoms. The number of ether oxygens (including phenoxy) is 2. The van der Waals surface area contributed by atoms with Crippen LogP contribution in [0.25, 0.3) is 0 Å². The van der Waals surface area contributed by atoms with Crippen LogP contribution in [0.15, 0.2) is 53.1 Å². The third-order valence-electron chi connectivity index (χ3n) is 4.85. The van der Waals surface area contributed by atoms with Gasteiger partial charge in [-0.2, -0.15) is 0 Å². The first-order valence-electron chi connectivity index (χ1n) is 8.67. The van der Waals surface area contributed by atoms with Crippen molar-refractivity contribution in [1.82, 2.24) is 10.2 Å². The molecule has 3 heterocycles. The first-order valence-corrected chi connectivity index (χ1v) is 8.67. The molecule has 0 bridgehead atoms. The standard InChI is InChI=1S/C19H22N2O4/c22-18(21-10-8-19(9-11-21)24-13-14-25-19)20-17(16-7-4-12-23-16)15-5-2-1-3-6-15/h1-7,12,17H,8-11,13-14H2,(H,20,22)/t17-/m1/s1. The van der Waals surface area contributed by atoms with Crippen molar-refractivity contribution in [3.63, 3.8) is 0 Å². The lowest BCUT2D eigenvalue weighted by molar-refractivity contribution is -0.181. The molecule has 2 aliphatic heterocycles. The fraction of sp³-hybridized carbons (Fsp3) is 0.421. The van der Waals surface area contributed by atoms with Crippen molar-refractivity contribution < 1.29 is 18.7 Å². The van der Waals surface area contributed by atoms with Gasteiger partial charge in [0.05, 0.1) is 19.5 Å². The molecule has 1 aromatic carbocycles. The minimum absolute atomic E-state index is 0.0990. The van der Waals surface area contributed by atoms with Crippen molar-refractivity contribution in [2.24, 2.45) is 0 Å². The monoisotopic (exact) mass is 342 g/mol. The number of rotatable bonds is 3. The first kappa shape index (κ1) is 16.2. The van der Waals surface area contributed by atoms with E-state index in [0.29, 0.717) is 39.1 Å². The summed E-state index contributed by atoms with van der Waals surface area (Å²) in [4.78, 5) is 14.6. The highest BCUT2D eigenvalue weighted by atomic mass is 16.7. The Bertz CT molecular complexity index is 685. The number of nitrogens with one attached hydrogen (secondary N) is 1. The highest BCUT2D eigenvalue weighted by molar-refractivity contribution is 5.75. The average Bonchev–Trinajstić information content (AvgIpc) is 3.33. The maximum Gasteiger partial charge on any atom is 0.318 e. The van der Waals surface area contributed by atoms with Crippen molar-refractivity contribution in [3.05, 3.63) is 60.1 Å². The molecular weight excluding hydrogens is 320 g/mol. The fourth-order valence-electron chi connectivity index (χ4n) is 3.47. The Kier molecular flexibility index (Phi) is 4.46. The Balaban J connectivity index is 1.44. The third-order valence-corrected chi connectivity index (χ3v) is 4.85. The number of hydrogen-bond acceptors (Lipinski definition) is 4. The van der Waals surface area contributed by atoms with Gasteiger partial charge in [-0.05, 0) is 17.7 Å². The second-order valence-electron chi connectivity index (χ2n) is 6.40. The molecule has 0 radical (unpaired) electrons. The average molecular weight is 342 g/mol. The summed E-state index contributed by atoms with van der Waals surface area (Å²) in [6.07, 6.45) is 3.03. The lowest BCUT2D eigenvalue weighted by atomic mass is 10.0. The molecular formula is C19H22N2O4. The maximum atomic E-state index is 12.8. The number of urea groups is 1. The van der Waals surface area contributed by atoms with Gasteiger partial charge in [-0.3, -0.25) is 0 Å². The number of nitrogens with zero attached hydrogens (tertiary/aromatic N) is 1. The Hall–Kier alpha value is -2.31. The Morgan fingerprint density at radius 1 is 1.04 bits per heavy atom. The van der Waals surface area contributed by atoms with Gasteiger partial charge >= 0.3 is 6.03 Å². The molecule has 1 aromatic heterocycles. The molecule has 2 aromatic rings. The predicted octanol–water partition coefficient (Wildman–Crippen LogP) is 2.92. The molecule has 2 fully saturated rings. The van der Waals surface area contributed by atoms with Gasteiger partial charge in [-0.15, -0.1) is 0 Å². The van der Waals surface area contributed by atoms with E-state index in [1.54, 1.807) is 6.26 Å². The predicted molar refractivity (Wildman–Crippen MR) is 91.0 cm³/mol. The van der Waals surface area contributed by atoms with Crippen LogP contribution in [0.5, 0.6) is 0 Å². The summed E-state index contributed by atoms with van der Waals surface area (Å²) in [5.74, 6) is 0.242. The van der Waals surface area contributed by atoms with Crippen molar-refractivity contribution in [3.8, 4) is 0 Å². The summed E-state index contributed by atoms with van der Waals surface area (Å²) in [6, 6.07) is 13.1. The molecule has 6 nitrogen and oxygen atoms in total. The van der Waals surface area contributed by atoms with E-state index in [9.17, 15) is 4.79 Å². The molecule has 1 atom stereocenters. The number of carbonyl (C=O) groups excluding carboxylic acids is 1. The number of amides is 2. The van der Waals surface area contributed by atoms with Crippen molar-refractivity contribution in [2.45, 2.75) is 24.7 Å². The molecule has 2 amide bonds. The summed E-state index contributed by atoms with van der Waals surface area (Å²) in [5.41, 5.74) is 0.988. The zero-order chi connectivity index (χ0) is 17.1. The molecule has 6 heteroatoms. The second kappa shape index (κ2) is 6.90. The molecule has 2 saturated heterocycles. The van der Waals surface area contributed by atoms with Gasteiger partial charge in [0.2, 0.25) is 0 Å². The first-order chi connectivity index (χ1) is 12.3. The van der Waals surface area contributed by atoms with Gasteiger partial charge in [0.15, 0.2) is 5.79 Å². The molecule has 1 N–H and O–H groups in total. The van der Waals surface area contributed by atoms with Gasteiger partial charge in [-0.1, -0.05) is 30.3 Å². The van der Waals surface area contributed by atoms with Gasteiger partial charge < -0.3 is 24.1 Å². The molecule has 2 aliphatic rings. The van der Waals surface area contributed by atoms with Gasteiger partial charge in [0, 0.05) is 25.9 Å². The van der Waals surface area contributed by atoms with Crippen LogP contribution in [0.2, 0.25) is 0 Å². The topological polar surface area (TPSA) is 63.9 Å². The van der Waals surface area contributed by atoms with Crippen LogP contribution < -0.4 is 5.32 Å². The Morgan fingerprint density at radius 2 is 1.76 bits per heavy atom. The minimum Gasteiger partial charge on any atom is -0.467 e. The normalized spacial score (nSPS) is 20.6.